The van der Waals surface area contributed by atoms with Gasteiger partial charge in [0.2, 0.25) is 0 Å². The Morgan fingerprint density at radius 1 is 1.55 bits per heavy atom. The average molecular weight is 293 g/mol. The summed E-state index contributed by atoms with van der Waals surface area (Å²) in [5.41, 5.74) is 1.39. The Morgan fingerprint density at radius 2 is 2.30 bits per heavy atom. The van der Waals surface area contributed by atoms with Crippen LogP contribution in [0.15, 0.2) is 12.1 Å². The molecule has 3 rings (SSSR count). The first-order valence-corrected chi connectivity index (χ1v) is 7.09. The number of carbonyl (C=O) groups excluding carboxylic acids is 2. The zero-order valence-electron chi connectivity index (χ0n) is 10.7. The van der Waals surface area contributed by atoms with Gasteiger partial charge in [-0.2, -0.15) is 0 Å². The quantitative estimate of drug-likeness (QED) is 0.852. The molecule has 2 aliphatic rings. The van der Waals surface area contributed by atoms with E-state index >= 15 is 0 Å². The molecule has 1 aliphatic carbocycles. The minimum atomic E-state index is -0.775. The predicted molar refractivity (Wildman–Crippen MR) is 74.3 cm³/mol. The first kappa shape index (κ1) is 13.2. The Bertz CT molecular complexity index is 656. The van der Waals surface area contributed by atoms with Crippen LogP contribution < -0.4 is 0 Å². The van der Waals surface area contributed by atoms with E-state index in [-0.39, 0.29) is 16.1 Å². The van der Waals surface area contributed by atoms with Crippen LogP contribution in [0, 0.1) is 5.82 Å². The first-order valence-electron chi connectivity index (χ1n) is 6.21. The molecule has 0 bridgehead atoms. The van der Waals surface area contributed by atoms with E-state index in [2.05, 4.69) is 0 Å². The molecule has 0 spiro atoms. The molecule has 20 heavy (non-hydrogen) atoms. The summed E-state index contributed by atoms with van der Waals surface area (Å²) in [6.45, 7) is 2.51. The summed E-state index contributed by atoms with van der Waals surface area (Å²) in [7, 11) is 0. The Morgan fingerprint density at radius 3 is 2.90 bits per heavy atom. The van der Waals surface area contributed by atoms with Gasteiger partial charge < -0.3 is 10.0 Å². The largest absolute Gasteiger partial charge is 0.504 e. The topological polar surface area (TPSA) is 57.6 Å². The van der Waals surface area contributed by atoms with Crippen LogP contribution in [0.3, 0.4) is 0 Å². The van der Waals surface area contributed by atoms with Gasteiger partial charge in [-0.15, -0.1) is 0 Å². The van der Waals surface area contributed by atoms with Crippen molar-refractivity contribution in [2.75, 3.05) is 6.54 Å². The number of phenolic OH excluding ortho intramolecular Hbond substituents is 1. The molecule has 1 aliphatic heterocycles. The second-order valence-electron chi connectivity index (χ2n) is 4.87. The summed E-state index contributed by atoms with van der Waals surface area (Å²) in [5.74, 6) is -1.40. The van der Waals surface area contributed by atoms with Gasteiger partial charge in [-0.25, -0.2) is 4.39 Å². The number of benzene rings is 1. The van der Waals surface area contributed by atoms with Crippen LogP contribution in [0.2, 0.25) is 0 Å². The van der Waals surface area contributed by atoms with Crippen molar-refractivity contribution in [3.05, 3.63) is 34.6 Å². The minimum Gasteiger partial charge on any atom is -0.504 e. The molecule has 0 unspecified atom stereocenters. The maximum atomic E-state index is 14.0. The van der Waals surface area contributed by atoms with Crippen molar-refractivity contribution in [1.29, 1.82) is 0 Å². The molecule has 1 amide bonds. The summed E-state index contributed by atoms with van der Waals surface area (Å²) in [5, 5.41) is 9.70. The molecule has 4 nitrogen and oxygen atoms in total. The van der Waals surface area contributed by atoms with E-state index in [0.29, 0.717) is 36.1 Å². The molecule has 1 fully saturated rings. The lowest BCUT2D eigenvalue weighted by molar-refractivity contribution is 0.112. The third kappa shape index (κ3) is 1.83. The second kappa shape index (κ2) is 4.63. The van der Waals surface area contributed by atoms with Crippen LogP contribution in [0.5, 0.6) is 5.75 Å². The van der Waals surface area contributed by atoms with E-state index in [1.165, 1.54) is 17.8 Å². The van der Waals surface area contributed by atoms with Crippen LogP contribution in [0.25, 0.3) is 5.70 Å². The first-order chi connectivity index (χ1) is 9.52. The van der Waals surface area contributed by atoms with Crippen LogP contribution in [-0.4, -0.2) is 33.3 Å². The lowest BCUT2D eigenvalue weighted by Gasteiger charge is -2.18. The van der Waals surface area contributed by atoms with E-state index in [9.17, 15) is 19.1 Å². The SMILES string of the molecule is C[C@@H]1CN(C2=CCc3c2cc(C=O)c(O)c3F)C(=O)S1. The summed E-state index contributed by atoms with van der Waals surface area (Å²) in [6.07, 6.45) is 2.49. The molecular weight excluding hydrogens is 281 g/mol. The lowest BCUT2D eigenvalue weighted by Crippen LogP contribution is -2.22. The van der Waals surface area contributed by atoms with Gasteiger partial charge in [0, 0.05) is 28.6 Å². The predicted octanol–water partition coefficient (Wildman–Crippen LogP) is 2.80. The van der Waals surface area contributed by atoms with Gasteiger partial charge in [-0.3, -0.25) is 9.59 Å². The van der Waals surface area contributed by atoms with Crippen molar-refractivity contribution in [3.8, 4) is 5.75 Å². The highest BCUT2D eigenvalue weighted by Gasteiger charge is 2.34. The van der Waals surface area contributed by atoms with Gasteiger partial charge in [-0.05, 0) is 12.5 Å². The Balaban J connectivity index is 2.07. The third-order valence-corrected chi connectivity index (χ3v) is 4.50. The maximum absolute atomic E-state index is 14.0. The van der Waals surface area contributed by atoms with E-state index in [4.69, 9.17) is 0 Å². The molecule has 1 aromatic rings. The summed E-state index contributed by atoms with van der Waals surface area (Å²) < 4.78 is 14.0. The van der Waals surface area contributed by atoms with Crippen LogP contribution in [0.1, 0.15) is 28.4 Å². The van der Waals surface area contributed by atoms with Crippen molar-refractivity contribution in [1.82, 2.24) is 4.90 Å². The highest BCUT2D eigenvalue weighted by atomic mass is 32.2. The molecule has 0 radical (unpaired) electrons. The molecular formula is C14H12FNO3S. The van der Waals surface area contributed by atoms with Crippen molar-refractivity contribution < 1.29 is 19.1 Å². The van der Waals surface area contributed by atoms with Crippen molar-refractivity contribution in [3.63, 3.8) is 0 Å². The highest BCUT2D eigenvalue weighted by molar-refractivity contribution is 8.14. The number of phenols is 1. The molecule has 104 valence electrons. The molecule has 1 saturated heterocycles. The number of amides is 1. The fourth-order valence-electron chi connectivity index (χ4n) is 2.58. The van der Waals surface area contributed by atoms with Crippen LogP contribution in [-0.2, 0) is 6.42 Å². The fourth-order valence-corrected chi connectivity index (χ4v) is 3.45. The zero-order chi connectivity index (χ0) is 14.4. The number of halogens is 1. The van der Waals surface area contributed by atoms with Crippen molar-refractivity contribution in [2.24, 2.45) is 0 Å². The molecule has 1 heterocycles. The highest BCUT2D eigenvalue weighted by Crippen LogP contribution is 2.40. The fraction of sp³-hybridized carbons (Fsp3) is 0.286. The monoisotopic (exact) mass is 293 g/mol. The number of aromatic hydroxyl groups is 1. The molecule has 0 aromatic heterocycles. The minimum absolute atomic E-state index is 0.0715. The normalized spacial score (nSPS) is 21.1. The van der Waals surface area contributed by atoms with E-state index in [1.807, 2.05) is 6.92 Å². The smallest absolute Gasteiger partial charge is 0.286 e. The van der Waals surface area contributed by atoms with Gasteiger partial charge in [0.15, 0.2) is 17.9 Å². The van der Waals surface area contributed by atoms with Gasteiger partial charge in [0.05, 0.1) is 5.56 Å². The molecule has 1 atom stereocenters. The average Bonchev–Trinajstić information content (AvgIpc) is 2.96. The summed E-state index contributed by atoms with van der Waals surface area (Å²) in [6, 6.07) is 1.44. The molecule has 6 heteroatoms. The standard InChI is InChI=1S/C14H12FNO3S/c1-7-5-16(14(19)20-7)11-3-2-9-10(11)4-8(6-17)13(18)12(9)15/h3-4,6-7,18H,2,5H2,1H3/t7-/m1/s1. The number of aldehydes is 1. The number of fused-ring (bicyclic) bond motifs is 1. The molecule has 0 saturated carbocycles. The number of allylic oxidation sites excluding steroid dienone is 1. The Labute approximate surface area is 119 Å². The number of rotatable bonds is 2. The third-order valence-electron chi connectivity index (χ3n) is 3.53. The zero-order valence-corrected chi connectivity index (χ0v) is 11.5. The second-order valence-corrected chi connectivity index (χ2v) is 6.26. The maximum Gasteiger partial charge on any atom is 0.286 e. The van der Waals surface area contributed by atoms with Gasteiger partial charge in [0.1, 0.15) is 0 Å². The Hall–Kier alpha value is -1.82. The van der Waals surface area contributed by atoms with Gasteiger partial charge in [0.25, 0.3) is 5.24 Å². The summed E-state index contributed by atoms with van der Waals surface area (Å²) in [4.78, 5) is 24.4. The van der Waals surface area contributed by atoms with Crippen LogP contribution in [0.4, 0.5) is 9.18 Å². The molecule has 1 aromatic carbocycles. The number of nitrogens with zero attached hydrogens (tertiary/aromatic N) is 1. The van der Waals surface area contributed by atoms with Crippen molar-refractivity contribution in [2.45, 2.75) is 18.6 Å². The van der Waals surface area contributed by atoms with Gasteiger partial charge in [-0.1, -0.05) is 24.8 Å². The lowest BCUT2D eigenvalue weighted by atomic mass is 10.0. The van der Waals surface area contributed by atoms with E-state index in [0.717, 1.165) is 0 Å². The van der Waals surface area contributed by atoms with Crippen LogP contribution >= 0.6 is 11.8 Å². The van der Waals surface area contributed by atoms with E-state index < -0.39 is 11.6 Å². The van der Waals surface area contributed by atoms with Crippen molar-refractivity contribution >= 4 is 29.0 Å². The Kier molecular flexibility index (Phi) is 3.05. The van der Waals surface area contributed by atoms with E-state index in [1.54, 1.807) is 11.0 Å². The number of carbonyl (C=O) groups is 2. The number of hydrogen-bond acceptors (Lipinski definition) is 4. The van der Waals surface area contributed by atoms with Gasteiger partial charge >= 0.3 is 0 Å². The molecule has 1 N–H and O–H groups in total. The summed E-state index contributed by atoms with van der Waals surface area (Å²) >= 11 is 1.24. The number of thioether (sulfide) groups is 1. The number of hydrogen-bond donors (Lipinski definition) is 1.